The number of carbonyl (C=O) groups excluding carboxylic acids is 3. The Hall–Kier alpha value is -4.04. The Morgan fingerprint density at radius 2 is 1.90 bits per heavy atom. The molecule has 2 aromatic heterocycles. The number of methoxy groups -OCH3 is 1. The van der Waals surface area contributed by atoms with Gasteiger partial charge in [0.15, 0.2) is 0 Å². The Bertz CT molecular complexity index is 2020. The monoisotopic (exact) mass is 749 g/mol. The van der Waals surface area contributed by atoms with Gasteiger partial charge in [-0.2, -0.15) is 0 Å². The molecule has 0 bridgehead atoms. The van der Waals surface area contributed by atoms with Crippen molar-refractivity contribution in [2.45, 2.75) is 114 Å². The highest BCUT2D eigenvalue weighted by atomic mass is 32.2. The third-order valence-corrected chi connectivity index (χ3v) is 13.4. The number of nitrogens with one attached hydrogen (secondary N) is 2. The number of aromatic nitrogens is 2. The second kappa shape index (κ2) is 14.4. The maximum Gasteiger partial charge on any atom is 0.259 e. The lowest BCUT2D eigenvalue weighted by Crippen LogP contribution is -2.56. The van der Waals surface area contributed by atoms with Crippen LogP contribution in [0.5, 0.6) is 11.5 Å². The van der Waals surface area contributed by atoms with E-state index in [1.165, 1.54) is 11.3 Å². The first kappa shape index (κ1) is 36.3. The minimum Gasteiger partial charge on any atom is -0.496 e. The third-order valence-electron chi connectivity index (χ3n) is 10.7. The zero-order valence-corrected chi connectivity index (χ0v) is 31.8. The normalized spacial score (nSPS) is 25.6. The number of sulfonamides is 1. The number of thiazole rings is 1. The molecular weight excluding hydrogens is 703 g/mol. The molecule has 52 heavy (non-hydrogen) atoms. The SMILES string of the molecule is COc1ccc2c(O[C@@H]3C[C@H]4C(=O)N[C@]5(C(=O)NS(=O)(=O)C6CC6)C[C@H]5C=CCCCCCCC(=O)N4C3)cc(-c3nc(C(C)C)cs3)nc2c1C. The van der Waals surface area contributed by atoms with Gasteiger partial charge < -0.3 is 19.7 Å². The molecule has 1 saturated heterocycles. The molecule has 3 aromatic rings. The Morgan fingerprint density at radius 3 is 2.63 bits per heavy atom. The number of carbonyl (C=O) groups is 3. The van der Waals surface area contributed by atoms with Gasteiger partial charge in [-0.15, -0.1) is 11.3 Å². The summed E-state index contributed by atoms with van der Waals surface area (Å²) in [5.74, 6) is -0.209. The molecule has 2 N–H and O–H groups in total. The lowest BCUT2D eigenvalue weighted by Gasteiger charge is -2.26. The van der Waals surface area contributed by atoms with Crippen LogP contribution in [0.1, 0.15) is 95.2 Å². The fourth-order valence-corrected chi connectivity index (χ4v) is 9.63. The van der Waals surface area contributed by atoms with E-state index in [2.05, 4.69) is 23.9 Å². The van der Waals surface area contributed by atoms with Gasteiger partial charge in [0.25, 0.3) is 5.91 Å². The number of allylic oxidation sites excluding steroid dienone is 1. The molecule has 14 heteroatoms. The van der Waals surface area contributed by atoms with Gasteiger partial charge in [0.1, 0.15) is 39.9 Å². The highest BCUT2D eigenvalue weighted by Gasteiger charge is 2.62. The van der Waals surface area contributed by atoms with E-state index in [4.69, 9.17) is 19.4 Å². The van der Waals surface area contributed by atoms with Crippen molar-refractivity contribution in [3.8, 4) is 22.2 Å². The molecule has 2 aliphatic carbocycles. The van der Waals surface area contributed by atoms with Crippen LogP contribution in [0.15, 0.2) is 35.7 Å². The van der Waals surface area contributed by atoms with Gasteiger partial charge in [-0.1, -0.05) is 38.8 Å². The number of fused-ring (bicyclic) bond motifs is 3. The van der Waals surface area contributed by atoms with Crippen LogP contribution in [-0.4, -0.2) is 77.6 Å². The molecule has 3 fully saturated rings. The van der Waals surface area contributed by atoms with Crippen molar-refractivity contribution < 1.29 is 32.3 Å². The Kier molecular flexibility index (Phi) is 10.1. The van der Waals surface area contributed by atoms with Crippen molar-refractivity contribution in [1.29, 1.82) is 0 Å². The standard InChI is InChI=1S/C38H47N5O7S2/c1-22(2)29-21-51-36(40-29)28-18-32(27-15-16-31(49-4)23(3)34(27)39-28)50-25-17-30-35(45)41-38(37(46)42-52(47,48)26-13-14-26)19-24(38)11-9-7-5-6-8-10-12-33(44)43(30)20-25/h9,11,15-16,18,21-22,24-26,30H,5-8,10,12-14,17,19-20H2,1-4H3,(H,41,45)(H,42,46)/t24-,25-,30+,38-/m1/s1. The van der Waals surface area contributed by atoms with Gasteiger partial charge in [0.05, 0.1) is 30.1 Å². The second-order valence-corrected chi connectivity index (χ2v) is 17.7. The summed E-state index contributed by atoms with van der Waals surface area (Å²) in [5, 5.41) is 5.91. The first-order valence-corrected chi connectivity index (χ1v) is 20.8. The van der Waals surface area contributed by atoms with E-state index in [0.29, 0.717) is 48.4 Å². The van der Waals surface area contributed by atoms with E-state index in [1.807, 2.05) is 42.7 Å². The Labute approximate surface area is 308 Å². The topological polar surface area (TPSA) is 157 Å². The number of nitrogens with zero attached hydrogens (tertiary/aromatic N) is 3. The zero-order valence-electron chi connectivity index (χ0n) is 30.1. The molecule has 0 radical (unpaired) electrons. The summed E-state index contributed by atoms with van der Waals surface area (Å²) in [4.78, 5) is 53.0. The van der Waals surface area contributed by atoms with Gasteiger partial charge in [-0.3, -0.25) is 19.1 Å². The lowest BCUT2D eigenvalue weighted by atomic mass is 10.1. The van der Waals surface area contributed by atoms with Crippen LogP contribution in [0.4, 0.5) is 0 Å². The van der Waals surface area contributed by atoms with Crippen LogP contribution in [0.3, 0.4) is 0 Å². The van der Waals surface area contributed by atoms with E-state index < -0.39 is 44.8 Å². The van der Waals surface area contributed by atoms with Crippen LogP contribution >= 0.6 is 11.3 Å². The first-order chi connectivity index (χ1) is 24.9. The van der Waals surface area contributed by atoms with Crippen molar-refractivity contribution in [2.75, 3.05) is 13.7 Å². The van der Waals surface area contributed by atoms with Crippen LogP contribution in [0.2, 0.25) is 0 Å². The molecule has 0 spiro atoms. The highest BCUT2D eigenvalue weighted by molar-refractivity contribution is 7.91. The van der Waals surface area contributed by atoms with Gasteiger partial charge >= 0.3 is 0 Å². The summed E-state index contributed by atoms with van der Waals surface area (Å²) in [6, 6.07) is 4.74. The number of hydrogen-bond donors (Lipinski definition) is 2. The maximum atomic E-state index is 14.2. The Morgan fingerprint density at radius 1 is 1.12 bits per heavy atom. The van der Waals surface area contributed by atoms with E-state index in [-0.39, 0.29) is 37.1 Å². The molecule has 278 valence electrons. The molecule has 7 rings (SSSR count). The third kappa shape index (κ3) is 7.28. The fraction of sp³-hybridized carbons (Fsp3) is 0.553. The molecule has 12 nitrogen and oxygen atoms in total. The molecule has 0 unspecified atom stereocenters. The lowest BCUT2D eigenvalue weighted by molar-refractivity contribution is -0.139. The minimum atomic E-state index is -3.83. The predicted molar refractivity (Wildman–Crippen MR) is 199 cm³/mol. The number of pyridine rings is 1. The molecule has 4 heterocycles. The summed E-state index contributed by atoms with van der Waals surface area (Å²) in [5.41, 5.74) is 1.78. The zero-order chi connectivity index (χ0) is 36.8. The second-order valence-electron chi connectivity index (χ2n) is 14.9. The molecule has 3 amide bonds. The average Bonchev–Trinajstić information content (AvgIpc) is 3.98. The molecule has 4 aliphatic rings. The smallest absolute Gasteiger partial charge is 0.259 e. The number of amides is 3. The summed E-state index contributed by atoms with van der Waals surface area (Å²) in [7, 11) is -2.21. The molecule has 2 saturated carbocycles. The predicted octanol–water partition coefficient (Wildman–Crippen LogP) is 5.54. The van der Waals surface area contributed by atoms with Crippen molar-refractivity contribution >= 4 is 50.0 Å². The number of ether oxygens (including phenoxy) is 2. The molecular formula is C38H47N5O7S2. The molecule has 1 aromatic carbocycles. The molecule has 4 atom stereocenters. The van der Waals surface area contributed by atoms with Crippen LogP contribution in [0, 0.1) is 12.8 Å². The highest BCUT2D eigenvalue weighted by Crippen LogP contribution is 2.46. The van der Waals surface area contributed by atoms with Crippen LogP contribution in [-0.2, 0) is 24.4 Å². The average molecular weight is 750 g/mol. The van der Waals surface area contributed by atoms with Gasteiger partial charge in [0.2, 0.25) is 21.8 Å². The summed E-state index contributed by atoms with van der Waals surface area (Å²) in [6.07, 6.45) is 9.48. The van der Waals surface area contributed by atoms with E-state index in [0.717, 1.165) is 47.3 Å². The van der Waals surface area contributed by atoms with Gasteiger partial charge in [-0.05, 0) is 63.5 Å². The van der Waals surface area contributed by atoms with E-state index >= 15 is 0 Å². The van der Waals surface area contributed by atoms with Crippen LogP contribution < -0.4 is 19.5 Å². The van der Waals surface area contributed by atoms with E-state index in [1.54, 1.807) is 12.0 Å². The summed E-state index contributed by atoms with van der Waals surface area (Å²) in [6.45, 7) is 6.31. The Balaban J connectivity index is 1.20. The number of benzene rings is 1. The number of hydrogen-bond acceptors (Lipinski definition) is 10. The van der Waals surface area contributed by atoms with Gasteiger partial charge in [-0.25, -0.2) is 18.4 Å². The largest absolute Gasteiger partial charge is 0.496 e. The quantitative estimate of drug-likeness (QED) is 0.282. The van der Waals surface area contributed by atoms with Crippen molar-refractivity contribution in [3.05, 3.63) is 47.0 Å². The first-order valence-electron chi connectivity index (χ1n) is 18.3. The minimum absolute atomic E-state index is 0.147. The van der Waals surface area contributed by atoms with Crippen LogP contribution in [0.25, 0.3) is 21.6 Å². The molecule has 2 aliphatic heterocycles. The number of aryl methyl sites for hydroxylation is 1. The fourth-order valence-electron chi connectivity index (χ4n) is 7.33. The van der Waals surface area contributed by atoms with Crippen molar-refractivity contribution in [3.63, 3.8) is 0 Å². The maximum absolute atomic E-state index is 14.2. The van der Waals surface area contributed by atoms with Crippen molar-refractivity contribution in [2.24, 2.45) is 5.92 Å². The number of rotatable bonds is 8. The van der Waals surface area contributed by atoms with Gasteiger partial charge in [0, 0.05) is 41.2 Å². The van der Waals surface area contributed by atoms with Crippen molar-refractivity contribution in [1.82, 2.24) is 24.9 Å². The summed E-state index contributed by atoms with van der Waals surface area (Å²) >= 11 is 1.51. The summed E-state index contributed by atoms with van der Waals surface area (Å²) < 4.78 is 40.2. The van der Waals surface area contributed by atoms with E-state index in [9.17, 15) is 22.8 Å².